The number of aliphatic hydroxyl groups is 2. The molecule has 0 aromatic rings. The maximum absolute atomic E-state index is 11.6. The van der Waals surface area contributed by atoms with Crippen LogP contribution in [0.4, 0.5) is 0 Å². The van der Waals surface area contributed by atoms with Crippen LogP contribution in [0.2, 0.25) is 0 Å². The predicted molar refractivity (Wildman–Crippen MR) is 134 cm³/mol. The van der Waals surface area contributed by atoms with Crippen molar-refractivity contribution < 1.29 is 14.9 Å². The lowest BCUT2D eigenvalue weighted by molar-refractivity contribution is -0.149. The van der Waals surface area contributed by atoms with Crippen LogP contribution in [0.15, 0.2) is 0 Å². The van der Waals surface area contributed by atoms with Crippen LogP contribution < -0.4 is 0 Å². The first kappa shape index (κ1) is 24.6. The van der Waals surface area contributed by atoms with E-state index in [1.807, 2.05) is 0 Å². The van der Waals surface area contributed by atoms with Gasteiger partial charge in [0.25, 0.3) is 0 Å². The second-order valence-corrected chi connectivity index (χ2v) is 14.5. The highest BCUT2D eigenvalue weighted by Gasteiger charge is 2.82. The van der Waals surface area contributed by atoms with E-state index in [2.05, 4.69) is 55.4 Å². The van der Waals surface area contributed by atoms with Crippen molar-refractivity contribution in [2.75, 3.05) is 0 Å². The molecule has 13 atom stereocenters. The number of hydrogen-bond acceptors (Lipinski definition) is 3. The predicted octanol–water partition coefficient (Wildman–Crippen LogP) is 6.45. The van der Waals surface area contributed by atoms with E-state index in [9.17, 15) is 10.2 Å². The third-order valence-corrected chi connectivity index (χ3v) is 13.4. The Bertz CT molecular complexity index is 766. The molecule has 0 aromatic heterocycles. The normalized spacial score (nSPS) is 56.1. The first-order valence-corrected chi connectivity index (χ1v) is 14.4. The monoisotopic (exact) mass is 460 g/mol. The minimum absolute atomic E-state index is 0.0967. The van der Waals surface area contributed by atoms with Crippen LogP contribution in [0.1, 0.15) is 107 Å². The maximum atomic E-state index is 11.6. The first-order valence-electron chi connectivity index (χ1n) is 14.4. The molecule has 33 heavy (non-hydrogen) atoms. The molecule has 1 aliphatic heterocycles. The molecule has 1 saturated heterocycles. The van der Waals surface area contributed by atoms with E-state index in [1.54, 1.807) is 0 Å². The van der Waals surface area contributed by atoms with Crippen molar-refractivity contribution in [1.82, 2.24) is 0 Å². The van der Waals surface area contributed by atoms with Gasteiger partial charge in [0.1, 0.15) is 11.2 Å². The minimum Gasteiger partial charge on any atom is -0.393 e. The summed E-state index contributed by atoms with van der Waals surface area (Å²) in [6.07, 6.45) is 9.28. The van der Waals surface area contributed by atoms with Gasteiger partial charge in [-0.05, 0) is 111 Å². The standard InChI is InChI=1S/C30H52O3/c1-17(2)18(3)19(4)26(32)29(8)30(33-29)16-12-24-21-9-10-22-20(5)25(31)13-14-27(22,6)23(21)11-15-28(24,30)7/h17-26,31-32H,9-16H2,1-8H3/t18-,19+,20+,21-,22+,23+,24+,25+,26-,27+,28+,29-,30+/m1/s1. The molecule has 0 aromatic carbocycles. The maximum Gasteiger partial charge on any atom is 0.122 e. The van der Waals surface area contributed by atoms with Crippen LogP contribution in [-0.2, 0) is 4.74 Å². The van der Waals surface area contributed by atoms with Crippen LogP contribution in [0.3, 0.4) is 0 Å². The second-order valence-electron chi connectivity index (χ2n) is 14.5. The Morgan fingerprint density at radius 2 is 1.45 bits per heavy atom. The molecule has 3 heteroatoms. The number of aliphatic hydroxyl groups excluding tert-OH is 2. The minimum atomic E-state index is -0.392. The lowest BCUT2D eigenvalue weighted by Crippen LogP contribution is -2.58. The van der Waals surface area contributed by atoms with Crippen molar-refractivity contribution in [1.29, 1.82) is 0 Å². The molecule has 0 radical (unpaired) electrons. The van der Waals surface area contributed by atoms with Crippen molar-refractivity contribution in [2.24, 2.45) is 58.2 Å². The fourth-order valence-electron chi connectivity index (χ4n) is 10.7. The Balaban J connectivity index is 1.39. The topological polar surface area (TPSA) is 53.0 Å². The van der Waals surface area contributed by atoms with Crippen molar-refractivity contribution in [3.05, 3.63) is 0 Å². The summed E-state index contributed by atoms with van der Waals surface area (Å²) >= 11 is 0. The first-order chi connectivity index (χ1) is 15.3. The van der Waals surface area contributed by atoms with Crippen molar-refractivity contribution in [2.45, 2.75) is 130 Å². The van der Waals surface area contributed by atoms with Gasteiger partial charge in [-0.1, -0.05) is 48.5 Å². The molecular formula is C30H52O3. The molecule has 190 valence electrons. The van der Waals surface area contributed by atoms with Gasteiger partial charge >= 0.3 is 0 Å². The van der Waals surface area contributed by atoms with Gasteiger partial charge in [0.2, 0.25) is 0 Å². The van der Waals surface area contributed by atoms with E-state index in [4.69, 9.17) is 4.74 Å². The number of rotatable bonds is 4. The molecular weight excluding hydrogens is 408 g/mol. The summed E-state index contributed by atoms with van der Waals surface area (Å²) in [6, 6.07) is 0. The van der Waals surface area contributed by atoms with E-state index in [0.29, 0.717) is 29.1 Å². The molecule has 1 heterocycles. The average molecular weight is 461 g/mol. The molecule has 5 rings (SSSR count). The number of epoxide rings is 1. The van der Waals surface area contributed by atoms with Crippen molar-refractivity contribution in [3.8, 4) is 0 Å². The summed E-state index contributed by atoms with van der Waals surface area (Å²) < 4.78 is 6.80. The van der Waals surface area contributed by atoms with Crippen LogP contribution in [0.25, 0.3) is 0 Å². The van der Waals surface area contributed by atoms with Crippen LogP contribution in [0.5, 0.6) is 0 Å². The SMILES string of the molecule is CC(C)[C@@H](C)[C@H](C)[C@@H](O)[C@@]1(C)O[C@]12CC[C@H]1[C@@H]3CC[C@H]4[C@H](C)[C@@H](O)CC[C@]4(C)[C@H]3CC[C@@]12C. The fraction of sp³-hybridized carbons (Fsp3) is 1.00. The zero-order valence-corrected chi connectivity index (χ0v) is 22.7. The van der Waals surface area contributed by atoms with Gasteiger partial charge in [-0.15, -0.1) is 0 Å². The Morgan fingerprint density at radius 3 is 2.12 bits per heavy atom. The summed E-state index contributed by atoms with van der Waals surface area (Å²) in [5.74, 6) is 4.76. The van der Waals surface area contributed by atoms with Gasteiger partial charge in [0.15, 0.2) is 0 Å². The Kier molecular flexibility index (Phi) is 5.72. The number of ether oxygens (including phenoxy) is 1. The Morgan fingerprint density at radius 1 is 0.788 bits per heavy atom. The van der Waals surface area contributed by atoms with Gasteiger partial charge in [0, 0.05) is 5.41 Å². The quantitative estimate of drug-likeness (QED) is 0.474. The van der Waals surface area contributed by atoms with Gasteiger partial charge < -0.3 is 14.9 Å². The van der Waals surface area contributed by atoms with Crippen LogP contribution in [0, 0.1) is 58.2 Å². The number of fused-ring (bicyclic) bond motifs is 6. The van der Waals surface area contributed by atoms with E-state index in [1.165, 1.54) is 38.5 Å². The van der Waals surface area contributed by atoms with E-state index < -0.39 is 11.7 Å². The lowest BCUT2D eigenvalue weighted by Gasteiger charge is -2.62. The van der Waals surface area contributed by atoms with Crippen molar-refractivity contribution in [3.63, 3.8) is 0 Å². The summed E-state index contributed by atoms with van der Waals surface area (Å²) in [6.45, 7) is 18.8. The lowest BCUT2D eigenvalue weighted by atomic mass is 9.43. The smallest absolute Gasteiger partial charge is 0.122 e. The van der Waals surface area contributed by atoms with Gasteiger partial charge in [-0.3, -0.25) is 0 Å². The highest BCUT2D eigenvalue weighted by Crippen LogP contribution is 2.76. The highest BCUT2D eigenvalue weighted by atomic mass is 16.6. The molecule has 0 unspecified atom stereocenters. The van der Waals surface area contributed by atoms with Gasteiger partial charge in [-0.2, -0.15) is 0 Å². The molecule has 4 aliphatic carbocycles. The second kappa shape index (κ2) is 7.69. The summed E-state index contributed by atoms with van der Waals surface area (Å²) in [5, 5.41) is 22.2. The van der Waals surface area contributed by atoms with E-state index in [-0.39, 0.29) is 23.0 Å². The molecule has 4 saturated carbocycles. The van der Waals surface area contributed by atoms with E-state index >= 15 is 0 Å². The molecule has 2 N–H and O–H groups in total. The molecule has 0 bridgehead atoms. The van der Waals surface area contributed by atoms with Crippen LogP contribution >= 0.6 is 0 Å². The molecule has 0 amide bonds. The third kappa shape index (κ3) is 3.03. The molecule has 3 nitrogen and oxygen atoms in total. The zero-order valence-electron chi connectivity index (χ0n) is 22.7. The molecule has 5 fully saturated rings. The van der Waals surface area contributed by atoms with E-state index in [0.717, 1.165) is 30.6 Å². The summed E-state index contributed by atoms with van der Waals surface area (Å²) in [7, 11) is 0. The van der Waals surface area contributed by atoms with Gasteiger partial charge in [0.05, 0.1) is 12.2 Å². The van der Waals surface area contributed by atoms with Crippen molar-refractivity contribution >= 4 is 0 Å². The highest BCUT2D eigenvalue weighted by molar-refractivity contribution is 5.30. The van der Waals surface area contributed by atoms with Gasteiger partial charge in [-0.25, -0.2) is 0 Å². The summed E-state index contributed by atoms with van der Waals surface area (Å²) in [5.41, 5.74) is 0.0606. The van der Waals surface area contributed by atoms with Crippen LogP contribution in [-0.4, -0.2) is 33.6 Å². The average Bonchev–Trinajstić information content (AvgIpc) is 3.29. The Labute approximate surface area is 203 Å². The molecule has 5 aliphatic rings. The fourth-order valence-corrected chi connectivity index (χ4v) is 10.7. The molecule has 1 spiro atoms. The number of hydrogen-bond donors (Lipinski definition) is 2. The third-order valence-electron chi connectivity index (χ3n) is 13.4. The zero-order chi connectivity index (χ0) is 24.1. The summed E-state index contributed by atoms with van der Waals surface area (Å²) in [4.78, 5) is 0. The Hall–Kier alpha value is -0.120. The largest absolute Gasteiger partial charge is 0.393 e.